The van der Waals surface area contributed by atoms with Crippen molar-refractivity contribution in [3.63, 3.8) is 0 Å². The summed E-state index contributed by atoms with van der Waals surface area (Å²) in [5.41, 5.74) is 2.17. The maximum absolute atomic E-state index is 13.0. The van der Waals surface area contributed by atoms with Crippen LogP contribution in [0.25, 0.3) is 10.9 Å². The van der Waals surface area contributed by atoms with E-state index in [-0.39, 0.29) is 10.9 Å². The molecule has 2 aromatic rings. The van der Waals surface area contributed by atoms with E-state index in [1.807, 2.05) is 0 Å². The smallest absolute Gasteiger partial charge is 0.375 e. The number of benzene rings is 1. The molecule has 6 heteroatoms. The molecule has 1 aromatic carbocycles. The van der Waals surface area contributed by atoms with Crippen LogP contribution < -0.4 is 5.73 Å². The van der Waals surface area contributed by atoms with Crippen molar-refractivity contribution in [2.75, 3.05) is 6.54 Å². The Morgan fingerprint density at radius 1 is 1.17 bits per heavy atom. The predicted molar refractivity (Wildman–Crippen MR) is 60.7 cm³/mol. The summed E-state index contributed by atoms with van der Waals surface area (Å²) in [6, 6.07) is 7.19. The van der Waals surface area contributed by atoms with Crippen LogP contribution in [-0.2, 0) is 5.60 Å². The number of aliphatic hydroxyl groups is 1. The minimum absolute atomic E-state index is 0.241. The maximum Gasteiger partial charge on any atom is 0.422 e. The Labute approximate surface area is 101 Å². The fourth-order valence-electron chi connectivity index (χ4n) is 1.84. The summed E-state index contributed by atoms with van der Waals surface area (Å²) < 4.78 is 38.9. The summed E-state index contributed by atoms with van der Waals surface area (Å²) >= 11 is 0. The number of nitrogens with two attached hydrogens (primary N) is 1. The van der Waals surface area contributed by atoms with E-state index >= 15 is 0 Å². The lowest BCUT2D eigenvalue weighted by Crippen LogP contribution is -2.48. The molecule has 1 aromatic heterocycles. The molecule has 0 radical (unpaired) electrons. The summed E-state index contributed by atoms with van der Waals surface area (Å²) in [4.78, 5) is 3.95. The second kappa shape index (κ2) is 4.22. The van der Waals surface area contributed by atoms with Crippen molar-refractivity contribution in [3.05, 3.63) is 42.1 Å². The van der Waals surface area contributed by atoms with Gasteiger partial charge in [-0.1, -0.05) is 18.2 Å². The number of hydrogen-bond donors (Lipinski definition) is 2. The number of alkyl halides is 3. The van der Waals surface area contributed by atoms with Crippen LogP contribution in [0.2, 0.25) is 0 Å². The second-order valence-corrected chi connectivity index (χ2v) is 3.94. The van der Waals surface area contributed by atoms with Crippen LogP contribution >= 0.6 is 0 Å². The Hall–Kier alpha value is -1.66. The maximum atomic E-state index is 13.0. The van der Waals surface area contributed by atoms with E-state index in [1.54, 1.807) is 6.07 Å². The summed E-state index contributed by atoms with van der Waals surface area (Å²) in [6.45, 7) is -0.940. The van der Waals surface area contributed by atoms with Gasteiger partial charge in [-0.2, -0.15) is 13.2 Å². The van der Waals surface area contributed by atoms with Crippen molar-refractivity contribution >= 4 is 10.9 Å². The Balaban J connectivity index is 2.74. The molecule has 0 saturated carbocycles. The first-order valence-corrected chi connectivity index (χ1v) is 5.23. The zero-order valence-electron chi connectivity index (χ0n) is 9.28. The molecular weight excluding hydrogens is 245 g/mol. The Morgan fingerprint density at radius 2 is 1.89 bits per heavy atom. The highest BCUT2D eigenvalue weighted by Crippen LogP contribution is 2.40. The van der Waals surface area contributed by atoms with Crippen LogP contribution in [0.3, 0.4) is 0 Å². The Kier molecular flexibility index (Phi) is 3.00. The third kappa shape index (κ3) is 1.83. The van der Waals surface area contributed by atoms with E-state index in [4.69, 9.17) is 5.73 Å². The van der Waals surface area contributed by atoms with Crippen LogP contribution in [0.5, 0.6) is 0 Å². The normalized spacial score (nSPS) is 15.6. The van der Waals surface area contributed by atoms with Gasteiger partial charge in [0.2, 0.25) is 0 Å². The number of hydrogen-bond acceptors (Lipinski definition) is 3. The molecule has 0 aliphatic heterocycles. The molecule has 1 atom stereocenters. The van der Waals surface area contributed by atoms with Crippen molar-refractivity contribution in [2.45, 2.75) is 11.8 Å². The largest absolute Gasteiger partial charge is 0.422 e. The third-order valence-corrected chi connectivity index (χ3v) is 2.86. The molecule has 1 unspecified atom stereocenters. The minimum Gasteiger partial charge on any atom is -0.375 e. The first-order valence-electron chi connectivity index (χ1n) is 5.23. The number of pyridine rings is 1. The van der Waals surface area contributed by atoms with Crippen LogP contribution in [0.15, 0.2) is 36.5 Å². The van der Waals surface area contributed by atoms with Gasteiger partial charge in [0, 0.05) is 23.7 Å². The van der Waals surface area contributed by atoms with E-state index in [9.17, 15) is 18.3 Å². The van der Waals surface area contributed by atoms with Gasteiger partial charge in [-0.3, -0.25) is 4.98 Å². The highest BCUT2D eigenvalue weighted by molar-refractivity contribution is 5.83. The number of fused-ring (bicyclic) bond motifs is 1. The SMILES string of the molecule is NCC(O)(c1cccc2ncccc12)C(F)(F)F. The lowest BCUT2D eigenvalue weighted by molar-refractivity contribution is -0.261. The average molecular weight is 256 g/mol. The van der Waals surface area contributed by atoms with E-state index < -0.39 is 18.3 Å². The van der Waals surface area contributed by atoms with Gasteiger partial charge in [-0.15, -0.1) is 0 Å². The number of rotatable bonds is 2. The van der Waals surface area contributed by atoms with Gasteiger partial charge in [0.1, 0.15) is 0 Å². The van der Waals surface area contributed by atoms with Crippen LogP contribution in [0.1, 0.15) is 5.56 Å². The second-order valence-electron chi connectivity index (χ2n) is 3.94. The molecule has 0 bridgehead atoms. The first kappa shape index (κ1) is 12.8. The Bertz CT molecular complexity index is 565. The molecule has 0 fully saturated rings. The molecule has 0 spiro atoms. The van der Waals surface area contributed by atoms with Crippen LogP contribution in [0.4, 0.5) is 13.2 Å². The van der Waals surface area contributed by atoms with Crippen molar-refractivity contribution in [1.82, 2.24) is 4.98 Å². The molecule has 3 N–H and O–H groups in total. The van der Waals surface area contributed by atoms with Crippen molar-refractivity contribution < 1.29 is 18.3 Å². The highest BCUT2D eigenvalue weighted by Gasteiger charge is 2.54. The van der Waals surface area contributed by atoms with Crippen LogP contribution in [0, 0.1) is 0 Å². The lowest BCUT2D eigenvalue weighted by atomic mass is 9.90. The summed E-state index contributed by atoms with van der Waals surface area (Å²) in [5.74, 6) is 0. The van der Waals surface area contributed by atoms with Gasteiger partial charge in [-0.25, -0.2) is 0 Å². The Morgan fingerprint density at radius 3 is 2.50 bits per heavy atom. The minimum atomic E-state index is -4.84. The standard InChI is InChI=1S/C12H11F3N2O/c13-12(14,15)11(18,7-16)9-4-1-5-10-8(9)3-2-6-17-10/h1-6,18H,7,16H2. The van der Waals surface area contributed by atoms with E-state index in [0.29, 0.717) is 5.52 Å². The zero-order chi connectivity index (χ0) is 13.4. The lowest BCUT2D eigenvalue weighted by Gasteiger charge is -2.30. The summed E-state index contributed by atoms with van der Waals surface area (Å²) in [6.07, 6.45) is -3.37. The highest BCUT2D eigenvalue weighted by atomic mass is 19.4. The summed E-state index contributed by atoms with van der Waals surface area (Å²) in [5, 5.41) is 10.1. The van der Waals surface area contributed by atoms with Crippen molar-refractivity contribution in [2.24, 2.45) is 5.73 Å². The number of nitrogens with zero attached hydrogens (tertiary/aromatic N) is 1. The van der Waals surface area contributed by atoms with Crippen molar-refractivity contribution in [1.29, 1.82) is 0 Å². The molecule has 0 saturated heterocycles. The van der Waals surface area contributed by atoms with Gasteiger partial charge in [0.05, 0.1) is 5.52 Å². The number of halogens is 3. The molecular formula is C12H11F3N2O. The van der Waals surface area contributed by atoms with Gasteiger partial charge in [0.15, 0.2) is 5.60 Å². The quantitative estimate of drug-likeness (QED) is 0.863. The van der Waals surface area contributed by atoms with E-state index in [0.717, 1.165) is 0 Å². The molecule has 96 valence electrons. The predicted octanol–water partition coefficient (Wildman–Crippen LogP) is 1.94. The number of aromatic nitrogens is 1. The molecule has 0 aliphatic rings. The average Bonchev–Trinajstić information content (AvgIpc) is 2.35. The van der Waals surface area contributed by atoms with Gasteiger partial charge < -0.3 is 10.8 Å². The molecule has 1 heterocycles. The molecule has 3 nitrogen and oxygen atoms in total. The first-order chi connectivity index (χ1) is 8.40. The summed E-state index contributed by atoms with van der Waals surface area (Å²) in [7, 11) is 0. The third-order valence-electron chi connectivity index (χ3n) is 2.86. The van der Waals surface area contributed by atoms with Gasteiger partial charge >= 0.3 is 6.18 Å². The van der Waals surface area contributed by atoms with Crippen molar-refractivity contribution in [3.8, 4) is 0 Å². The van der Waals surface area contributed by atoms with Crippen LogP contribution in [-0.4, -0.2) is 22.8 Å². The molecule has 0 aliphatic carbocycles. The monoisotopic (exact) mass is 256 g/mol. The zero-order valence-corrected chi connectivity index (χ0v) is 9.28. The van der Waals surface area contributed by atoms with Gasteiger partial charge in [-0.05, 0) is 12.1 Å². The fraction of sp³-hybridized carbons (Fsp3) is 0.250. The fourth-order valence-corrected chi connectivity index (χ4v) is 1.84. The topological polar surface area (TPSA) is 59.1 Å². The molecule has 2 rings (SSSR count). The van der Waals surface area contributed by atoms with E-state index in [2.05, 4.69) is 4.98 Å². The molecule has 18 heavy (non-hydrogen) atoms. The van der Waals surface area contributed by atoms with Gasteiger partial charge in [0.25, 0.3) is 0 Å². The van der Waals surface area contributed by atoms with E-state index in [1.165, 1.54) is 30.5 Å². The molecule has 0 amide bonds.